The van der Waals surface area contributed by atoms with Gasteiger partial charge in [-0.3, -0.25) is 0 Å². The van der Waals surface area contributed by atoms with Gasteiger partial charge in [0.15, 0.2) is 17.5 Å². The molecule has 6 heteroatoms. The van der Waals surface area contributed by atoms with Gasteiger partial charge in [0.05, 0.1) is 6.54 Å². The van der Waals surface area contributed by atoms with E-state index < -0.39 is 0 Å². The molecule has 5 nitrogen and oxygen atoms in total. The maximum atomic E-state index is 6.10. The van der Waals surface area contributed by atoms with Crippen LogP contribution in [0, 0.1) is 0 Å². The average molecular weight is 403 g/mol. The number of guanidine groups is 1. The molecule has 116 valence electrons. The predicted molar refractivity (Wildman–Crippen MR) is 93.3 cm³/mol. The van der Waals surface area contributed by atoms with Gasteiger partial charge in [-0.1, -0.05) is 18.9 Å². The van der Waals surface area contributed by atoms with Gasteiger partial charge in [0.2, 0.25) is 6.79 Å². The normalized spacial score (nSPS) is 18.1. The highest BCUT2D eigenvalue weighted by Gasteiger charge is 2.14. The van der Waals surface area contributed by atoms with Gasteiger partial charge in [0.25, 0.3) is 0 Å². The maximum Gasteiger partial charge on any atom is 0.231 e. The van der Waals surface area contributed by atoms with Crippen LogP contribution in [-0.2, 0) is 6.54 Å². The molecule has 0 radical (unpaired) electrons. The second kappa shape index (κ2) is 7.72. The fourth-order valence-corrected chi connectivity index (χ4v) is 2.61. The molecule has 0 aliphatic carbocycles. The summed E-state index contributed by atoms with van der Waals surface area (Å²) in [6.45, 7) is 2.93. The molecule has 1 aromatic carbocycles. The van der Waals surface area contributed by atoms with E-state index in [0.29, 0.717) is 19.3 Å². The summed E-state index contributed by atoms with van der Waals surface area (Å²) in [5, 5.41) is 0. The third-order valence-electron chi connectivity index (χ3n) is 3.79. The van der Waals surface area contributed by atoms with Crippen LogP contribution in [0.1, 0.15) is 31.2 Å². The van der Waals surface area contributed by atoms with Gasteiger partial charge in [0, 0.05) is 13.1 Å². The van der Waals surface area contributed by atoms with Gasteiger partial charge in [-0.05, 0) is 30.5 Å². The quantitative estimate of drug-likeness (QED) is 0.469. The molecule has 1 saturated heterocycles. The monoisotopic (exact) mass is 403 g/mol. The number of hydrogen-bond acceptors (Lipinski definition) is 3. The Bertz CT molecular complexity index is 500. The summed E-state index contributed by atoms with van der Waals surface area (Å²) in [7, 11) is 0. The number of aliphatic imine (C=N–C) groups is 1. The number of halogens is 1. The molecule has 2 heterocycles. The van der Waals surface area contributed by atoms with E-state index in [1.165, 1.54) is 25.7 Å². The van der Waals surface area contributed by atoms with Crippen molar-refractivity contribution in [1.82, 2.24) is 4.90 Å². The van der Waals surface area contributed by atoms with Crippen LogP contribution in [0.2, 0.25) is 0 Å². The Kier molecular flexibility index (Phi) is 5.96. The summed E-state index contributed by atoms with van der Waals surface area (Å²) in [6.07, 6.45) is 5.01. The van der Waals surface area contributed by atoms with Crippen LogP contribution in [-0.4, -0.2) is 30.7 Å². The summed E-state index contributed by atoms with van der Waals surface area (Å²) in [5.41, 5.74) is 7.19. The first-order valence-corrected chi connectivity index (χ1v) is 7.26. The number of ether oxygens (including phenoxy) is 2. The highest BCUT2D eigenvalue weighted by atomic mass is 127. The van der Waals surface area contributed by atoms with Crippen molar-refractivity contribution in [2.45, 2.75) is 32.2 Å². The van der Waals surface area contributed by atoms with Crippen molar-refractivity contribution >= 4 is 29.9 Å². The van der Waals surface area contributed by atoms with E-state index in [-0.39, 0.29) is 24.0 Å². The molecule has 0 atom stereocenters. The van der Waals surface area contributed by atoms with Gasteiger partial charge in [0.1, 0.15) is 0 Å². The highest BCUT2D eigenvalue weighted by Crippen LogP contribution is 2.32. The van der Waals surface area contributed by atoms with Crippen molar-refractivity contribution in [2.75, 3.05) is 19.9 Å². The van der Waals surface area contributed by atoms with Crippen LogP contribution < -0.4 is 15.2 Å². The Labute approximate surface area is 142 Å². The summed E-state index contributed by atoms with van der Waals surface area (Å²) in [6, 6.07) is 5.91. The van der Waals surface area contributed by atoms with E-state index >= 15 is 0 Å². The van der Waals surface area contributed by atoms with Crippen molar-refractivity contribution in [3.63, 3.8) is 0 Å². The fourth-order valence-electron chi connectivity index (χ4n) is 2.61. The van der Waals surface area contributed by atoms with E-state index in [0.717, 1.165) is 30.2 Å². The van der Waals surface area contributed by atoms with E-state index in [9.17, 15) is 0 Å². The lowest BCUT2D eigenvalue weighted by molar-refractivity contribution is 0.174. The first-order chi connectivity index (χ1) is 9.83. The van der Waals surface area contributed by atoms with Crippen molar-refractivity contribution in [3.8, 4) is 11.5 Å². The molecule has 0 bridgehead atoms. The van der Waals surface area contributed by atoms with Crippen LogP contribution in [0.4, 0.5) is 0 Å². The molecule has 0 unspecified atom stereocenters. The zero-order chi connectivity index (χ0) is 13.8. The number of benzene rings is 1. The Morgan fingerprint density at radius 2 is 1.81 bits per heavy atom. The molecular weight excluding hydrogens is 381 g/mol. The molecule has 2 N–H and O–H groups in total. The zero-order valence-corrected chi connectivity index (χ0v) is 14.4. The Balaban J connectivity index is 0.00000161. The second-order valence-corrected chi connectivity index (χ2v) is 5.26. The van der Waals surface area contributed by atoms with Gasteiger partial charge < -0.3 is 20.1 Å². The van der Waals surface area contributed by atoms with E-state index in [1.807, 2.05) is 18.2 Å². The molecule has 21 heavy (non-hydrogen) atoms. The third-order valence-corrected chi connectivity index (χ3v) is 3.79. The van der Waals surface area contributed by atoms with Crippen molar-refractivity contribution in [1.29, 1.82) is 0 Å². The van der Waals surface area contributed by atoms with Crippen LogP contribution in [0.15, 0.2) is 23.2 Å². The second-order valence-electron chi connectivity index (χ2n) is 5.26. The number of fused-ring (bicyclic) bond motifs is 1. The smallest absolute Gasteiger partial charge is 0.231 e. The lowest BCUT2D eigenvalue weighted by atomic mass is 10.2. The standard InChI is InChI=1S/C15H21N3O2.HI/c16-15(18-7-3-1-2-4-8-18)17-10-12-5-6-13-14(9-12)20-11-19-13;/h5-6,9H,1-4,7-8,10-11H2,(H2,16,17);1H. The van der Waals surface area contributed by atoms with Gasteiger partial charge in [-0.15, -0.1) is 24.0 Å². The predicted octanol–water partition coefficient (Wildman–Crippen LogP) is 2.72. The summed E-state index contributed by atoms with van der Waals surface area (Å²) < 4.78 is 10.7. The molecule has 3 rings (SSSR count). The fraction of sp³-hybridized carbons (Fsp3) is 0.533. The molecule has 0 aromatic heterocycles. The SMILES string of the molecule is I.NC(=NCc1ccc2c(c1)OCO2)N1CCCCCC1. The van der Waals surface area contributed by atoms with Crippen molar-refractivity contribution < 1.29 is 9.47 Å². The molecule has 2 aliphatic heterocycles. The number of likely N-dealkylation sites (tertiary alicyclic amines) is 1. The molecular formula is C15H22IN3O2. The first kappa shape index (κ1) is 16.2. The van der Waals surface area contributed by atoms with Crippen LogP contribution in [0.3, 0.4) is 0 Å². The highest BCUT2D eigenvalue weighted by molar-refractivity contribution is 14.0. The van der Waals surface area contributed by atoms with E-state index in [4.69, 9.17) is 15.2 Å². The van der Waals surface area contributed by atoms with Crippen LogP contribution in [0.25, 0.3) is 0 Å². The molecule has 0 spiro atoms. The molecule has 0 amide bonds. The third kappa shape index (κ3) is 4.15. The van der Waals surface area contributed by atoms with Crippen LogP contribution >= 0.6 is 24.0 Å². The maximum absolute atomic E-state index is 6.10. The Morgan fingerprint density at radius 3 is 2.57 bits per heavy atom. The summed E-state index contributed by atoms with van der Waals surface area (Å²) in [4.78, 5) is 6.70. The average Bonchev–Trinajstić information content (AvgIpc) is 2.76. The Morgan fingerprint density at radius 1 is 1.10 bits per heavy atom. The van der Waals surface area contributed by atoms with E-state index in [2.05, 4.69) is 9.89 Å². The number of nitrogens with zero attached hydrogens (tertiary/aromatic N) is 2. The molecule has 1 aromatic rings. The minimum Gasteiger partial charge on any atom is -0.454 e. The van der Waals surface area contributed by atoms with Crippen molar-refractivity contribution in [3.05, 3.63) is 23.8 Å². The number of hydrogen-bond donors (Lipinski definition) is 1. The van der Waals surface area contributed by atoms with Crippen molar-refractivity contribution in [2.24, 2.45) is 10.7 Å². The largest absolute Gasteiger partial charge is 0.454 e. The minimum absolute atomic E-state index is 0. The van der Waals surface area contributed by atoms with Gasteiger partial charge in [-0.2, -0.15) is 0 Å². The molecule has 1 fully saturated rings. The summed E-state index contributed by atoms with van der Waals surface area (Å²) >= 11 is 0. The summed E-state index contributed by atoms with van der Waals surface area (Å²) in [5.74, 6) is 2.26. The lowest BCUT2D eigenvalue weighted by Gasteiger charge is -2.21. The lowest BCUT2D eigenvalue weighted by Crippen LogP contribution is -2.38. The zero-order valence-electron chi connectivity index (χ0n) is 12.1. The first-order valence-electron chi connectivity index (χ1n) is 7.26. The molecule has 2 aliphatic rings. The number of nitrogens with two attached hydrogens (primary N) is 1. The molecule has 0 saturated carbocycles. The van der Waals surface area contributed by atoms with E-state index in [1.54, 1.807) is 0 Å². The topological polar surface area (TPSA) is 60.1 Å². The minimum atomic E-state index is 0. The van der Waals surface area contributed by atoms with Gasteiger partial charge >= 0.3 is 0 Å². The number of rotatable bonds is 2. The Hall–Kier alpha value is -1.18. The van der Waals surface area contributed by atoms with Gasteiger partial charge in [-0.25, -0.2) is 4.99 Å². The van der Waals surface area contributed by atoms with Crippen LogP contribution in [0.5, 0.6) is 11.5 Å².